The second kappa shape index (κ2) is 6.60. The highest BCUT2D eigenvalue weighted by molar-refractivity contribution is 7.10. The van der Waals surface area contributed by atoms with Gasteiger partial charge in [0.05, 0.1) is 6.10 Å². The van der Waals surface area contributed by atoms with Crippen molar-refractivity contribution < 1.29 is 10.2 Å². The molecule has 2 heterocycles. The van der Waals surface area contributed by atoms with Gasteiger partial charge in [-0.3, -0.25) is 4.90 Å². The first kappa shape index (κ1) is 14.6. The second-order valence-electron chi connectivity index (χ2n) is 5.70. The van der Waals surface area contributed by atoms with Gasteiger partial charge in [-0.2, -0.15) is 0 Å². The minimum absolute atomic E-state index is 0.321. The molecule has 2 atom stereocenters. The number of rotatable bonds is 5. The van der Waals surface area contributed by atoms with E-state index in [4.69, 9.17) is 0 Å². The van der Waals surface area contributed by atoms with E-state index >= 15 is 0 Å². The normalized spacial score (nSPS) is 20.7. The Kier molecular flexibility index (Phi) is 4.58. The Hall–Kier alpha value is -1.36. The Bertz CT molecular complexity index is 570. The van der Waals surface area contributed by atoms with Crippen LogP contribution in [0.4, 0.5) is 0 Å². The predicted octanol–water partition coefficient (Wildman–Crippen LogP) is 3.54. The molecule has 1 aliphatic rings. The van der Waals surface area contributed by atoms with E-state index in [1.807, 2.05) is 35.7 Å². The van der Waals surface area contributed by atoms with E-state index in [0.29, 0.717) is 11.8 Å². The van der Waals surface area contributed by atoms with Gasteiger partial charge in [0, 0.05) is 17.5 Å². The second-order valence-corrected chi connectivity index (χ2v) is 6.68. The Morgan fingerprint density at radius 1 is 1.29 bits per heavy atom. The highest BCUT2D eigenvalue weighted by Crippen LogP contribution is 2.30. The van der Waals surface area contributed by atoms with Crippen LogP contribution in [0.5, 0.6) is 5.75 Å². The van der Waals surface area contributed by atoms with E-state index in [-0.39, 0.29) is 6.10 Å². The smallest absolute Gasteiger partial charge is 0.115 e. The van der Waals surface area contributed by atoms with E-state index in [0.717, 1.165) is 36.4 Å². The van der Waals surface area contributed by atoms with Crippen molar-refractivity contribution in [3.63, 3.8) is 0 Å². The number of phenols is 1. The molecule has 3 rings (SSSR count). The SMILES string of the molecule is Oc1cccc(CN2CCCC2CC(O)c2cccs2)c1. The fraction of sp³-hybridized carbons (Fsp3) is 0.412. The molecule has 3 nitrogen and oxygen atoms in total. The third-order valence-electron chi connectivity index (χ3n) is 4.16. The summed E-state index contributed by atoms with van der Waals surface area (Å²) in [5, 5.41) is 21.9. The van der Waals surface area contributed by atoms with E-state index in [1.54, 1.807) is 17.4 Å². The number of likely N-dealkylation sites (tertiary alicyclic amines) is 1. The van der Waals surface area contributed by atoms with E-state index < -0.39 is 0 Å². The quantitative estimate of drug-likeness (QED) is 0.888. The van der Waals surface area contributed by atoms with Gasteiger partial charge in [0.15, 0.2) is 0 Å². The van der Waals surface area contributed by atoms with Crippen LogP contribution in [0.2, 0.25) is 0 Å². The number of aliphatic hydroxyl groups excluding tert-OH is 1. The molecule has 21 heavy (non-hydrogen) atoms. The molecule has 0 spiro atoms. The van der Waals surface area contributed by atoms with Crippen LogP contribution >= 0.6 is 11.3 Å². The number of thiophene rings is 1. The Morgan fingerprint density at radius 2 is 2.19 bits per heavy atom. The molecule has 0 aliphatic carbocycles. The van der Waals surface area contributed by atoms with Crippen LogP contribution in [0.15, 0.2) is 41.8 Å². The number of aliphatic hydroxyl groups is 1. The maximum atomic E-state index is 10.3. The van der Waals surface area contributed by atoms with Crippen molar-refractivity contribution in [2.45, 2.75) is 38.0 Å². The van der Waals surface area contributed by atoms with Crippen LogP contribution in [0.3, 0.4) is 0 Å². The minimum atomic E-state index is -0.361. The van der Waals surface area contributed by atoms with E-state index in [9.17, 15) is 10.2 Å². The van der Waals surface area contributed by atoms with Gasteiger partial charge in [0.25, 0.3) is 0 Å². The van der Waals surface area contributed by atoms with Crippen molar-refractivity contribution in [2.24, 2.45) is 0 Å². The molecule has 0 bridgehead atoms. The molecule has 4 heteroatoms. The van der Waals surface area contributed by atoms with E-state index in [1.165, 1.54) is 6.42 Å². The molecule has 1 aliphatic heterocycles. The van der Waals surface area contributed by atoms with E-state index in [2.05, 4.69) is 4.90 Å². The molecule has 0 amide bonds. The van der Waals surface area contributed by atoms with Gasteiger partial charge in [-0.25, -0.2) is 0 Å². The van der Waals surface area contributed by atoms with Crippen LogP contribution < -0.4 is 0 Å². The summed E-state index contributed by atoms with van der Waals surface area (Å²) >= 11 is 1.62. The standard InChI is InChI=1S/C17H21NO2S/c19-15-6-1-4-13(10-15)12-18-8-2-5-14(18)11-16(20)17-7-3-9-21-17/h1,3-4,6-7,9-10,14,16,19-20H,2,5,8,11-12H2. The summed E-state index contributed by atoms with van der Waals surface area (Å²) in [4.78, 5) is 3.48. The van der Waals surface area contributed by atoms with Gasteiger partial charge in [-0.05, 0) is 54.9 Å². The Labute approximate surface area is 129 Å². The first-order valence-corrected chi connectivity index (χ1v) is 8.34. The lowest BCUT2D eigenvalue weighted by atomic mass is 10.1. The van der Waals surface area contributed by atoms with Crippen molar-refractivity contribution in [2.75, 3.05) is 6.54 Å². The molecular formula is C17H21NO2S. The average molecular weight is 303 g/mol. The number of benzene rings is 1. The third kappa shape index (κ3) is 3.64. The molecule has 1 aromatic heterocycles. The molecule has 1 fully saturated rings. The lowest BCUT2D eigenvalue weighted by molar-refractivity contribution is 0.120. The van der Waals surface area contributed by atoms with Crippen LogP contribution in [0, 0.1) is 0 Å². The summed E-state index contributed by atoms with van der Waals surface area (Å²) in [5.74, 6) is 0.321. The van der Waals surface area contributed by atoms with Crippen molar-refractivity contribution >= 4 is 11.3 Å². The Morgan fingerprint density at radius 3 is 2.95 bits per heavy atom. The molecule has 2 N–H and O–H groups in total. The van der Waals surface area contributed by atoms with Crippen molar-refractivity contribution in [1.82, 2.24) is 4.90 Å². The number of aromatic hydroxyl groups is 1. The van der Waals surface area contributed by atoms with Gasteiger partial charge in [-0.15, -0.1) is 11.3 Å². The first-order chi connectivity index (χ1) is 10.2. The van der Waals surface area contributed by atoms with Gasteiger partial charge in [0.2, 0.25) is 0 Å². The highest BCUT2D eigenvalue weighted by Gasteiger charge is 2.27. The topological polar surface area (TPSA) is 43.7 Å². The Balaban J connectivity index is 1.63. The zero-order valence-corrected chi connectivity index (χ0v) is 12.8. The zero-order chi connectivity index (χ0) is 14.7. The molecule has 2 unspecified atom stereocenters. The molecule has 0 radical (unpaired) electrons. The molecular weight excluding hydrogens is 282 g/mol. The largest absolute Gasteiger partial charge is 0.508 e. The molecule has 0 saturated carbocycles. The van der Waals surface area contributed by atoms with Crippen molar-refractivity contribution in [3.05, 3.63) is 52.2 Å². The van der Waals surface area contributed by atoms with Crippen molar-refractivity contribution in [1.29, 1.82) is 0 Å². The van der Waals surface area contributed by atoms with Crippen LogP contribution in [-0.4, -0.2) is 27.7 Å². The van der Waals surface area contributed by atoms with Gasteiger partial charge < -0.3 is 10.2 Å². The van der Waals surface area contributed by atoms with Crippen LogP contribution in [0.1, 0.15) is 35.8 Å². The first-order valence-electron chi connectivity index (χ1n) is 7.46. The van der Waals surface area contributed by atoms with Crippen molar-refractivity contribution in [3.8, 4) is 5.75 Å². The predicted molar refractivity (Wildman–Crippen MR) is 85.4 cm³/mol. The summed E-state index contributed by atoms with van der Waals surface area (Å²) in [6.45, 7) is 1.91. The number of nitrogens with zero attached hydrogens (tertiary/aromatic N) is 1. The number of phenolic OH excluding ortho intramolecular Hbond substituents is 1. The average Bonchev–Trinajstić information content (AvgIpc) is 3.11. The molecule has 112 valence electrons. The maximum Gasteiger partial charge on any atom is 0.115 e. The fourth-order valence-electron chi connectivity index (χ4n) is 3.11. The summed E-state index contributed by atoms with van der Waals surface area (Å²) in [6.07, 6.45) is 2.75. The molecule has 1 aromatic carbocycles. The number of hydrogen-bond acceptors (Lipinski definition) is 4. The van der Waals surface area contributed by atoms with Gasteiger partial charge >= 0.3 is 0 Å². The lowest BCUT2D eigenvalue weighted by Gasteiger charge is -2.26. The van der Waals surface area contributed by atoms with Crippen LogP contribution in [-0.2, 0) is 6.54 Å². The monoisotopic (exact) mass is 303 g/mol. The molecule has 1 saturated heterocycles. The third-order valence-corrected chi connectivity index (χ3v) is 5.14. The summed E-state index contributed by atoms with van der Waals surface area (Å²) in [6, 6.07) is 11.9. The summed E-state index contributed by atoms with van der Waals surface area (Å²) in [7, 11) is 0. The molecule has 2 aromatic rings. The van der Waals surface area contributed by atoms with Gasteiger partial charge in [-0.1, -0.05) is 18.2 Å². The van der Waals surface area contributed by atoms with Gasteiger partial charge in [0.1, 0.15) is 5.75 Å². The zero-order valence-electron chi connectivity index (χ0n) is 12.0. The summed E-state index contributed by atoms with van der Waals surface area (Å²) < 4.78 is 0. The maximum absolute atomic E-state index is 10.3. The highest BCUT2D eigenvalue weighted by atomic mass is 32.1. The lowest BCUT2D eigenvalue weighted by Crippen LogP contribution is -2.30. The number of hydrogen-bond donors (Lipinski definition) is 2. The minimum Gasteiger partial charge on any atom is -0.508 e. The fourth-order valence-corrected chi connectivity index (χ4v) is 3.84. The van der Waals surface area contributed by atoms with Crippen LogP contribution in [0.25, 0.3) is 0 Å². The summed E-state index contributed by atoms with van der Waals surface area (Å²) in [5.41, 5.74) is 1.13.